The number of amides is 4. The van der Waals surface area contributed by atoms with Crippen molar-refractivity contribution in [3.8, 4) is 0 Å². The van der Waals surface area contributed by atoms with Crippen molar-refractivity contribution in [1.29, 1.82) is 0 Å². The molecule has 0 bridgehead atoms. The van der Waals surface area contributed by atoms with Gasteiger partial charge in [-0.15, -0.1) is 0 Å². The van der Waals surface area contributed by atoms with E-state index in [-0.39, 0.29) is 211 Å². The maximum Gasteiger partial charge on any atom is 0.317 e. The Kier molecular flexibility index (Phi) is 79.3. The third kappa shape index (κ3) is 79.6. The van der Waals surface area contributed by atoms with Gasteiger partial charge in [-0.25, -0.2) is 0 Å². The van der Waals surface area contributed by atoms with Gasteiger partial charge in [0.2, 0.25) is 23.6 Å². The Bertz CT molecular complexity index is 2180. The number of ketones is 3. The normalized spacial score (nSPS) is 11.5. The molecule has 0 aromatic carbocycles. The summed E-state index contributed by atoms with van der Waals surface area (Å²) in [5.74, 6) is -3.97. The zero-order valence-electron chi connectivity index (χ0n) is 66.9. The first-order chi connectivity index (χ1) is 54.2. The molecular formula is C72H140N12O28. The number of aliphatic hydroxyl groups is 3. The average Bonchev–Trinajstić information content (AvgIpc) is 0.977. The third-order valence-electron chi connectivity index (χ3n) is 15.5. The fraction of sp³-hybridized carbons (Fsp3) is 0.861. The summed E-state index contributed by atoms with van der Waals surface area (Å²) in [5.41, 5.74) is 10.9. The number of nitrogens with zero attached hydrogens (tertiary/aromatic N) is 6. The molecule has 40 heteroatoms. The van der Waals surface area contributed by atoms with Gasteiger partial charge >= 0.3 is 17.9 Å². The first-order valence-corrected chi connectivity index (χ1v) is 39.0. The topological polar surface area (TPSA) is 522 Å². The minimum atomic E-state index is -1.05. The number of hydrogen-bond acceptors (Lipinski definition) is 33. The molecule has 0 atom stereocenters. The lowest BCUT2D eigenvalue weighted by atomic mass is 10.2. The lowest BCUT2D eigenvalue weighted by Crippen LogP contribution is -2.41. The first-order valence-electron chi connectivity index (χ1n) is 39.0. The standard InChI is InChI=1S/C40H74N6O17.C32H66N6O11/c1-34(49)4-5-36(51)41-8-20-59-24-11-44(12-27-62-29-17-47)31-35(50)3-2-19-58-23-15-46(33-40(56)57)16-26-61-22-10-43-38(53)32-45(14-28-63-30-18-48)13-25-60-21-9-42-37(52)6-7-39(54)55;1-2-15-44-20-8-36(9-22-46-17-5-33)27-30(40)4-3-16-45-21-12-38(29-32(42)43)13-24-48-19-7-35-31(41)28-37(10-23-47-18-6-34)11-25-49-26-14-39/h47-48H,2-33H2,1H3,(H,41,51)(H,42,52)(H,43,53)(H,54,55)(H,56,57);39H,2-29,33-34H2,1H3,(H,35,41)(H,42,43). The van der Waals surface area contributed by atoms with E-state index in [0.717, 1.165) is 6.42 Å². The highest BCUT2D eigenvalue weighted by atomic mass is 16.5. The van der Waals surface area contributed by atoms with Crippen LogP contribution in [0.3, 0.4) is 0 Å². The Morgan fingerprint density at radius 1 is 0.277 bits per heavy atom. The van der Waals surface area contributed by atoms with E-state index in [1.165, 1.54) is 6.92 Å². The van der Waals surface area contributed by atoms with Crippen LogP contribution in [0.1, 0.15) is 71.6 Å². The molecule has 0 rings (SSSR count). The molecule has 4 amide bonds. The number of rotatable bonds is 86. The Morgan fingerprint density at radius 3 is 0.795 bits per heavy atom. The molecule has 0 fully saturated rings. The van der Waals surface area contributed by atoms with E-state index >= 15 is 0 Å². The van der Waals surface area contributed by atoms with Crippen molar-refractivity contribution >= 4 is 58.9 Å². The van der Waals surface area contributed by atoms with Crippen LogP contribution in [0.2, 0.25) is 0 Å². The van der Waals surface area contributed by atoms with Crippen LogP contribution < -0.4 is 32.7 Å². The van der Waals surface area contributed by atoms with Crippen molar-refractivity contribution in [2.24, 2.45) is 11.5 Å². The second kappa shape index (κ2) is 81.9. The molecule has 0 aliphatic rings. The second-order valence-corrected chi connectivity index (χ2v) is 25.3. The molecule has 0 aliphatic carbocycles. The molecule has 0 unspecified atom stereocenters. The lowest BCUT2D eigenvalue weighted by molar-refractivity contribution is -0.139. The number of nitrogens with two attached hydrogens (primary N) is 2. The number of aliphatic hydroxyl groups excluding tert-OH is 3. The molecule has 656 valence electrons. The van der Waals surface area contributed by atoms with Gasteiger partial charge < -0.3 is 125 Å². The molecule has 14 N–H and O–H groups in total. The van der Waals surface area contributed by atoms with Crippen LogP contribution in [0.4, 0.5) is 0 Å². The number of carbonyl (C=O) groups excluding carboxylic acids is 7. The van der Waals surface area contributed by atoms with E-state index < -0.39 is 17.9 Å². The Hall–Kier alpha value is -5.62. The minimum absolute atomic E-state index is 0.000450. The molecule has 0 heterocycles. The average molecular weight is 1620 g/mol. The van der Waals surface area contributed by atoms with Crippen molar-refractivity contribution < 1.29 is 135 Å². The van der Waals surface area contributed by atoms with Gasteiger partial charge in [-0.05, 0) is 26.2 Å². The predicted octanol–water partition coefficient (Wildman–Crippen LogP) is -5.15. The summed E-state index contributed by atoms with van der Waals surface area (Å²) in [7, 11) is 0. The molecule has 0 aromatic rings. The molecule has 0 saturated heterocycles. The van der Waals surface area contributed by atoms with Gasteiger partial charge in [0, 0.05) is 170 Å². The first kappa shape index (κ1) is 108. The molecule has 0 saturated carbocycles. The van der Waals surface area contributed by atoms with Gasteiger partial charge in [0.25, 0.3) is 0 Å². The summed E-state index contributed by atoms with van der Waals surface area (Å²) >= 11 is 0. The van der Waals surface area contributed by atoms with Crippen molar-refractivity contribution in [3.05, 3.63) is 0 Å². The predicted molar refractivity (Wildman–Crippen MR) is 411 cm³/mol. The fourth-order valence-electron chi connectivity index (χ4n) is 9.71. The van der Waals surface area contributed by atoms with E-state index in [9.17, 15) is 58.2 Å². The third-order valence-corrected chi connectivity index (χ3v) is 15.5. The van der Waals surface area contributed by atoms with Crippen molar-refractivity contribution in [1.82, 2.24) is 50.7 Å². The van der Waals surface area contributed by atoms with Gasteiger partial charge in [0.15, 0.2) is 0 Å². The van der Waals surface area contributed by atoms with Crippen LogP contribution in [0.25, 0.3) is 0 Å². The fourth-order valence-corrected chi connectivity index (χ4v) is 9.71. The monoisotopic (exact) mass is 1620 g/mol. The maximum atomic E-state index is 12.7. The lowest BCUT2D eigenvalue weighted by Gasteiger charge is -2.22. The van der Waals surface area contributed by atoms with Crippen molar-refractivity contribution in [2.75, 3.05) is 335 Å². The van der Waals surface area contributed by atoms with Crippen LogP contribution in [0, 0.1) is 0 Å². The number of nitrogens with one attached hydrogen (secondary N) is 4. The molecule has 0 aromatic heterocycles. The van der Waals surface area contributed by atoms with Crippen LogP contribution in [-0.4, -0.2) is 454 Å². The second-order valence-electron chi connectivity index (χ2n) is 25.3. The van der Waals surface area contributed by atoms with E-state index in [2.05, 4.69) is 28.2 Å². The molecule has 112 heavy (non-hydrogen) atoms. The number of aliphatic carboxylic acids is 3. The van der Waals surface area contributed by atoms with Gasteiger partial charge in [-0.3, -0.25) is 72.6 Å². The van der Waals surface area contributed by atoms with E-state index in [1.807, 2.05) is 19.6 Å². The Balaban J connectivity index is 0. The summed E-state index contributed by atoms with van der Waals surface area (Å²) in [5, 5.41) is 64.9. The molecule has 40 nitrogen and oxygen atoms in total. The maximum absolute atomic E-state index is 12.7. The highest BCUT2D eigenvalue weighted by Crippen LogP contribution is 2.03. The highest BCUT2D eigenvalue weighted by Gasteiger charge is 2.18. The SMILES string of the molecule is CC(=O)CCC(=O)NCCOCCN(CCOCCO)CC(=O)CCCOCCN(CCOCCNC(=O)CN(CCOCCO)CCOCCNC(=O)CCC(=O)O)CC(=O)O.CCCOCCN(CCOCCN)CC(=O)CCCOCCN(CCOCCNC(=O)CN(CCOCCN)CCOCCO)CC(=O)O. The van der Waals surface area contributed by atoms with Crippen LogP contribution in [0.5, 0.6) is 0 Å². The van der Waals surface area contributed by atoms with E-state index in [1.54, 1.807) is 9.80 Å². The largest absolute Gasteiger partial charge is 0.481 e. The van der Waals surface area contributed by atoms with Gasteiger partial charge in [-0.1, -0.05) is 6.92 Å². The highest BCUT2D eigenvalue weighted by molar-refractivity contribution is 5.84. The number of ether oxygens (including phenoxy) is 12. The van der Waals surface area contributed by atoms with Crippen LogP contribution in [-0.2, 0) is 105 Å². The minimum Gasteiger partial charge on any atom is -0.481 e. The van der Waals surface area contributed by atoms with Crippen molar-refractivity contribution in [3.63, 3.8) is 0 Å². The Labute approximate surface area is 661 Å². The van der Waals surface area contributed by atoms with E-state index in [0.29, 0.717) is 216 Å². The van der Waals surface area contributed by atoms with Crippen LogP contribution >= 0.6 is 0 Å². The number of Topliss-reactive ketones (excluding diaryl/α,β-unsaturated/α-hetero) is 3. The Morgan fingerprint density at radius 2 is 0.527 bits per heavy atom. The van der Waals surface area contributed by atoms with Gasteiger partial charge in [0.05, 0.1) is 204 Å². The summed E-state index contributed by atoms with van der Waals surface area (Å²) in [6.45, 7) is 19.0. The zero-order chi connectivity index (χ0) is 83.0. The summed E-state index contributed by atoms with van der Waals surface area (Å²) in [6, 6.07) is 0. The van der Waals surface area contributed by atoms with Crippen LogP contribution in [0.15, 0.2) is 0 Å². The summed E-state index contributed by atoms with van der Waals surface area (Å²) < 4.78 is 66.2. The van der Waals surface area contributed by atoms with Gasteiger partial charge in [0.1, 0.15) is 17.3 Å². The number of carboxylic acid groups (broad SMARTS) is 3. The molecule has 0 radical (unpaired) electrons. The smallest absolute Gasteiger partial charge is 0.317 e. The molecule has 0 spiro atoms. The summed E-state index contributed by atoms with van der Waals surface area (Å²) in [4.78, 5) is 129. The molecule has 0 aliphatic heterocycles. The van der Waals surface area contributed by atoms with Crippen molar-refractivity contribution in [2.45, 2.75) is 71.6 Å². The number of carboxylic acids is 3. The number of hydrogen-bond donors (Lipinski definition) is 12. The van der Waals surface area contributed by atoms with Gasteiger partial charge in [-0.2, -0.15) is 0 Å². The van der Waals surface area contributed by atoms with E-state index in [4.69, 9.17) is 88.7 Å². The number of carbonyl (C=O) groups is 10. The summed E-state index contributed by atoms with van der Waals surface area (Å²) in [6.07, 6.45) is 2.63. The zero-order valence-corrected chi connectivity index (χ0v) is 66.9. The molecular weight excluding hydrogens is 1480 g/mol. The quantitative estimate of drug-likeness (QED) is 0.0253.